The van der Waals surface area contributed by atoms with Crippen LogP contribution in [0.4, 0.5) is 22.2 Å². The van der Waals surface area contributed by atoms with Crippen LogP contribution in [0.15, 0.2) is 55.4 Å². The first-order chi connectivity index (χ1) is 16.9. The predicted molar refractivity (Wildman–Crippen MR) is 125 cm³/mol. The summed E-state index contributed by atoms with van der Waals surface area (Å²) in [4.78, 5) is 41.9. The van der Waals surface area contributed by atoms with Crippen molar-refractivity contribution < 1.29 is 19.1 Å². The Bertz CT molecular complexity index is 1240. The molecule has 1 aliphatic heterocycles. The first kappa shape index (κ1) is 23.4. The number of hydrogen-bond acceptors (Lipinski definition) is 10. The lowest BCUT2D eigenvalue weighted by Crippen LogP contribution is -2.30. The molecule has 4 N–H and O–H groups in total. The van der Waals surface area contributed by atoms with E-state index in [1.54, 1.807) is 4.90 Å². The molecule has 0 bridgehead atoms. The van der Waals surface area contributed by atoms with Crippen LogP contribution in [0, 0.1) is 0 Å². The first-order valence-electron chi connectivity index (χ1n) is 10.7. The van der Waals surface area contributed by atoms with E-state index in [1.807, 2.05) is 30.3 Å². The molecule has 1 fully saturated rings. The van der Waals surface area contributed by atoms with Crippen molar-refractivity contribution in [3.63, 3.8) is 0 Å². The Morgan fingerprint density at radius 1 is 1.23 bits per heavy atom. The van der Waals surface area contributed by atoms with Gasteiger partial charge in [0.1, 0.15) is 6.61 Å². The number of anilines is 3. The molecule has 4 rings (SSSR count). The van der Waals surface area contributed by atoms with Gasteiger partial charge in [-0.3, -0.25) is 9.59 Å². The van der Waals surface area contributed by atoms with Crippen LogP contribution < -0.4 is 16.4 Å². The number of carbonyl (C=O) groups excluding carboxylic acids is 3. The van der Waals surface area contributed by atoms with Crippen LogP contribution >= 0.6 is 0 Å². The van der Waals surface area contributed by atoms with Crippen molar-refractivity contribution in [2.45, 2.75) is 19.1 Å². The normalized spacial score (nSPS) is 14.9. The van der Waals surface area contributed by atoms with Gasteiger partial charge >= 0.3 is 6.09 Å². The van der Waals surface area contributed by atoms with E-state index in [1.165, 1.54) is 18.5 Å². The summed E-state index contributed by atoms with van der Waals surface area (Å²) >= 11 is 0. The molecule has 35 heavy (non-hydrogen) atoms. The fourth-order valence-corrected chi connectivity index (χ4v) is 3.44. The highest BCUT2D eigenvalue weighted by Crippen LogP contribution is 2.20. The molecule has 13 nitrogen and oxygen atoms in total. The number of benzene rings is 1. The molecule has 0 unspecified atom stereocenters. The lowest BCUT2D eigenvalue weighted by Gasteiger charge is -2.15. The van der Waals surface area contributed by atoms with Gasteiger partial charge in [0.25, 0.3) is 5.91 Å². The van der Waals surface area contributed by atoms with E-state index in [0.29, 0.717) is 25.2 Å². The average molecular weight is 477 g/mol. The number of aromatic nitrogens is 5. The molecule has 2 amide bonds. The molecule has 3 heterocycles. The zero-order chi connectivity index (χ0) is 24.8. The van der Waals surface area contributed by atoms with E-state index in [2.05, 4.69) is 37.5 Å². The number of nitrogens with zero attached hydrogens (tertiary/aromatic N) is 6. The number of hydrogen-bond donors (Lipinski definition) is 3. The Hall–Kier alpha value is -4.81. The molecule has 1 aliphatic rings. The number of amides is 2. The minimum Gasteiger partial charge on any atom is -0.443 e. The van der Waals surface area contributed by atoms with Gasteiger partial charge in [-0.1, -0.05) is 36.9 Å². The van der Waals surface area contributed by atoms with Crippen LogP contribution in [0.3, 0.4) is 0 Å². The van der Waals surface area contributed by atoms with Crippen molar-refractivity contribution in [2.75, 3.05) is 23.7 Å². The highest BCUT2D eigenvalue weighted by atomic mass is 16.6. The summed E-state index contributed by atoms with van der Waals surface area (Å²) in [5.74, 6) is -0.814. The summed E-state index contributed by atoms with van der Waals surface area (Å²) in [6.07, 6.45) is 4.01. The number of rotatable bonds is 8. The Morgan fingerprint density at radius 3 is 2.77 bits per heavy atom. The van der Waals surface area contributed by atoms with Crippen molar-refractivity contribution in [1.29, 1.82) is 0 Å². The topological polar surface area (TPSA) is 170 Å². The second kappa shape index (κ2) is 10.4. The van der Waals surface area contributed by atoms with Crippen molar-refractivity contribution in [3.05, 3.63) is 66.6 Å². The van der Waals surface area contributed by atoms with Crippen molar-refractivity contribution in [2.24, 2.45) is 5.73 Å². The molecule has 0 radical (unpaired) electrons. The van der Waals surface area contributed by atoms with E-state index in [9.17, 15) is 14.4 Å². The lowest BCUT2D eigenvalue weighted by atomic mass is 10.2. The smallest absolute Gasteiger partial charge is 0.435 e. The number of nitrogens with two attached hydrogens (primary N) is 1. The van der Waals surface area contributed by atoms with Gasteiger partial charge in [0, 0.05) is 19.1 Å². The monoisotopic (exact) mass is 477 g/mol. The van der Waals surface area contributed by atoms with E-state index in [0.717, 1.165) is 10.2 Å². The van der Waals surface area contributed by atoms with Gasteiger partial charge in [0.05, 0.1) is 18.1 Å². The highest BCUT2D eigenvalue weighted by molar-refractivity contribution is 5.96. The second-order valence-electron chi connectivity index (χ2n) is 7.65. The van der Waals surface area contributed by atoms with Gasteiger partial charge < -0.3 is 26.0 Å². The number of likely N-dealkylation sites (tertiary alicyclic amines) is 1. The van der Waals surface area contributed by atoms with Gasteiger partial charge in [-0.25, -0.2) is 4.79 Å². The summed E-state index contributed by atoms with van der Waals surface area (Å²) in [5, 5.41) is 17.7. The van der Waals surface area contributed by atoms with Crippen LogP contribution in [-0.2, 0) is 16.1 Å². The predicted octanol–water partition coefficient (Wildman–Crippen LogP) is 1.29. The van der Waals surface area contributed by atoms with E-state index >= 15 is 0 Å². The maximum absolute atomic E-state index is 12.3. The maximum Gasteiger partial charge on any atom is 0.435 e. The third-order valence-electron chi connectivity index (χ3n) is 5.17. The molecule has 180 valence electrons. The fraction of sp³-hybridized carbons (Fsp3) is 0.227. The third-order valence-corrected chi connectivity index (χ3v) is 5.17. The molecule has 13 heteroatoms. The second-order valence-corrected chi connectivity index (χ2v) is 7.65. The third kappa shape index (κ3) is 5.76. The largest absolute Gasteiger partial charge is 0.443 e. The number of nitrogens with one attached hydrogen (secondary N) is 2. The first-order valence-corrected chi connectivity index (χ1v) is 10.7. The van der Waals surface area contributed by atoms with Crippen LogP contribution in [0.1, 0.15) is 22.5 Å². The van der Waals surface area contributed by atoms with Gasteiger partial charge in [-0.05, 0) is 18.1 Å². The minimum atomic E-state index is -0.836. The van der Waals surface area contributed by atoms with Crippen LogP contribution in [0.25, 0.3) is 0 Å². The summed E-state index contributed by atoms with van der Waals surface area (Å²) in [6, 6.07) is 9.13. The van der Waals surface area contributed by atoms with Gasteiger partial charge in [0.2, 0.25) is 11.9 Å². The maximum atomic E-state index is 12.3. The van der Waals surface area contributed by atoms with Crippen LogP contribution in [0.5, 0.6) is 0 Å². The van der Waals surface area contributed by atoms with Gasteiger partial charge in [-0.2, -0.15) is 14.8 Å². The molecule has 2 aromatic heterocycles. The average Bonchev–Trinajstić information content (AvgIpc) is 3.52. The van der Waals surface area contributed by atoms with Crippen LogP contribution in [-0.4, -0.2) is 66.9 Å². The van der Waals surface area contributed by atoms with Gasteiger partial charge in [-0.15, -0.1) is 10.2 Å². The zero-order valence-electron chi connectivity index (χ0n) is 18.6. The van der Waals surface area contributed by atoms with E-state index in [4.69, 9.17) is 10.5 Å². The van der Waals surface area contributed by atoms with Gasteiger partial charge in [0.15, 0.2) is 11.5 Å². The molecule has 0 saturated carbocycles. The summed E-state index contributed by atoms with van der Waals surface area (Å²) in [5.41, 5.74) is 6.40. The number of primary amides is 1. The summed E-state index contributed by atoms with van der Waals surface area (Å²) < 4.78 is 6.25. The quantitative estimate of drug-likeness (QED) is 0.402. The molecule has 1 atom stereocenters. The Morgan fingerprint density at radius 2 is 2.03 bits per heavy atom. The highest BCUT2D eigenvalue weighted by Gasteiger charge is 2.26. The standard InChI is InChI=1S/C22H23N9O4/c1-2-17(32)30-9-8-15(11-30)26-21-27-20(18(19(23)33)28-29-21)25-16-10-24-31(12-16)22(34)35-13-14-6-4-3-5-7-14/h2-7,10,12,15H,1,8-9,11,13H2,(H2,23,33)(H2,25,26,27,29)/t15-/m1/s1. The van der Waals surface area contributed by atoms with Crippen LogP contribution in [0.2, 0.25) is 0 Å². The summed E-state index contributed by atoms with van der Waals surface area (Å²) in [7, 11) is 0. The molecular weight excluding hydrogens is 454 g/mol. The van der Waals surface area contributed by atoms with Crippen molar-refractivity contribution >= 4 is 35.4 Å². The van der Waals surface area contributed by atoms with E-state index in [-0.39, 0.29) is 36.0 Å². The molecule has 3 aromatic rings. The van der Waals surface area contributed by atoms with Crippen molar-refractivity contribution in [1.82, 2.24) is 29.9 Å². The molecule has 1 saturated heterocycles. The van der Waals surface area contributed by atoms with E-state index < -0.39 is 12.0 Å². The molecular formula is C22H23N9O4. The Balaban J connectivity index is 1.43. The van der Waals surface area contributed by atoms with Crippen molar-refractivity contribution in [3.8, 4) is 0 Å². The molecule has 0 spiro atoms. The SMILES string of the molecule is C=CC(=O)N1CC[C@@H](Nc2nnc(C(N)=O)c(Nc3cnn(C(=O)OCc4ccccc4)c3)n2)C1. The fourth-order valence-electron chi connectivity index (χ4n) is 3.44. The molecule has 1 aromatic carbocycles. The zero-order valence-corrected chi connectivity index (χ0v) is 18.6. The minimum absolute atomic E-state index is 0.0317. The number of ether oxygens (including phenoxy) is 1. The number of carbonyl (C=O) groups is 3. The Labute approximate surface area is 200 Å². The Kier molecular flexibility index (Phi) is 6.95. The molecule has 0 aliphatic carbocycles. The lowest BCUT2D eigenvalue weighted by molar-refractivity contribution is -0.125. The summed E-state index contributed by atoms with van der Waals surface area (Å²) in [6.45, 7) is 4.61.